The monoisotopic (exact) mass is 300 g/mol. The maximum Gasteiger partial charge on any atom is 0.172 e. The van der Waals surface area contributed by atoms with Crippen LogP contribution in [0.4, 0.5) is 0 Å². The highest BCUT2D eigenvalue weighted by Gasteiger charge is 2.24. The van der Waals surface area contributed by atoms with Gasteiger partial charge in [0.1, 0.15) is 28.8 Å². The molecule has 5 heteroatoms. The van der Waals surface area contributed by atoms with E-state index in [2.05, 4.69) is 0 Å². The third kappa shape index (κ3) is 2.20. The first kappa shape index (κ1) is 14.1. The van der Waals surface area contributed by atoms with E-state index in [1.165, 1.54) is 12.1 Å². The molecule has 0 unspecified atom stereocenters. The van der Waals surface area contributed by atoms with E-state index in [9.17, 15) is 20.4 Å². The molecule has 1 heterocycles. The van der Waals surface area contributed by atoms with Gasteiger partial charge in [0.25, 0.3) is 0 Å². The molecule has 0 radical (unpaired) electrons. The number of rotatable bonds is 1. The Labute approximate surface area is 127 Å². The van der Waals surface area contributed by atoms with Gasteiger partial charge in [-0.15, -0.1) is 0 Å². The summed E-state index contributed by atoms with van der Waals surface area (Å²) in [6.45, 7) is 3.52. The fourth-order valence-electron chi connectivity index (χ4n) is 2.61. The fraction of sp³-hybridized carbons (Fsp3) is 0.176. The summed E-state index contributed by atoms with van der Waals surface area (Å²) in [5.74, 6) is 0.499. The van der Waals surface area contributed by atoms with Crippen LogP contribution in [0.5, 0.6) is 23.0 Å². The van der Waals surface area contributed by atoms with Crippen molar-refractivity contribution in [2.45, 2.75) is 20.3 Å². The summed E-state index contributed by atoms with van der Waals surface area (Å²) >= 11 is 0. The molecule has 2 aromatic carbocycles. The molecular weight excluding hydrogens is 284 g/mol. The summed E-state index contributed by atoms with van der Waals surface area (Å²) in [7, 11) is 0. The summed E-state index contributed by atoms with van der Waals surface area (Å²) in [5, 5.41) is 39.5. The van der Waals surface area contributed by atoms with Crippen molar-refractivity contribution in [3.05, 3.63) is 52.3 Å². The quantitative estimate of drug-likeness (QED) is 0.649. The normalized spacial score (nSPS) is 13.7. The van der Waals surface area contributed by atoms with Crippen LogP contribution in [0.1, 0.15) is 22.3 Å². The Kier molecular flexibility index (Phi) is 3.13. The number of hydrogen-bond donors (Lipinski definition) is 4. The lowest BCUT2D eigenvalue weighted by Crippen LogP contribution is -2.10. The van der Waals surface area contributed by atoms with Crippen LogP contribution in [0.15, 0.2) is 30.0 Å². The van der Waals surface area contributed by atoms with Gasteiger partial charge in [0.2, 0.25) is 0 Å². The van der Waals surface area contributed by atoms with E-state index in [-0.39, 0.29) is 35.2 Å². The second-order valence-corrected chi connectivity index (χ2v) is 5.45. The highest BCUT2D eigenvalue weighted by molar-refractivity contribution is 5.70. The molecule has 3 rings (SSSR count). The van der Waals surface area contributed by atoms with Crippen LogP contribution >= 0.6 is 0 Å². The minimum absolute atomic E-state index is 0.0158. The van der Waals surface area contributed by atoms with Crippen LogP contribution in [0.2, 0.25) is 0 Å². The van der Waals surface area contributed by atoms with Gasteiger partial charge in [0, 0.05) is 29.7 Å². The van der Waals surface area contributed by atoms with Crippen molar-refractivity contribution < 1.29 is 25.2 Å². The Morgan fingerprint density at radius 1 is 0.909 bits per heavy atom. The van der Waals surface area contributed by atoms with E-state index < -0.39 is 0 Å². The standard InChI is InChI=1S/C17H16O5/c1-8-3-10(4-9(2)16(8)21)17-14(20)7-12-13(19)5-11(18)6-15(12)22-17/h3-6,18-21H,7H2,1-2H3. The number of aliphatic hydroxyl groups is 1. The average molecular weight is 300 g/mol. The minimum atomic E-state index is -0.126. The van der Waals surface area contributed by atoms with Crippen molar-refractivity contribution >= 4 is 5.76 Å². The van der Waals surface area contributed by atoms with Crippen LogP contribution in [-0.4, -0.2) is 20.4 Å². The van der Waals surface area contributed by atoms with Gasteiger partial charge >= 0.3 is 0 Å². The zero-order valence-corrected chi connectivity index (χ0v) is 12.2. The van der Waals surface area contributed by atoms with E-state index >= 15 is 0 Å². The maximum absolute atomic E-state index is 10.2. The Balaban J connectivity index is 2.10. The largest absolute Gasteiger partial charge is 0.508 e. The molecule has 0 saturated heterocycles. The number of ether oxygens (including phenoxy) is 1. The zero-order valence-electron chi connectivity index (χ0n) is 12.2. The Hall–Kier alpha value is -2.82. The molecule has 0 aliphatic carbocycles. The van der Waals surface area contributed by atoms with Crippen LogP contribution in [0.25, 0.3) is 5.76 Å². The molecule has 1 aliphatic heterocycles. The minimum Gasteiger partial charge on any atom is -0.508 e. The predicted octanol–water partition coefficient (Wildman–Crippen LogP) is 3.28. The average Bonchev–Trinajstić information content (AvgIpc) is 2.44. The van der Waals surface area contributed by atoms with E-state index in [1.54, 1.807) is 26.0 Å². The topological polar surface area (TPSA) is 90.2 Å². The first-order valence-corrected chi connectivity index (χ1v) is 6.82. The molecular formula is C17H16O5. The van der Waals surface area contributed by atoms with Gasteiger partial charge in [-0.2, -0.15) is 0 Å². The number of aliphatic hydroxyl groups excluding tert-OH is 1. The SMILES string of the molecule is Cc1cc(C2=C(O)Cc3c(O)cc(O)cc3O2)cc(C)c1O. The van der Waals surface area contributed by atoms with Crippen molar-refractivity contribution in [3.63, 3.8) is 0 Å². The van der Waals surface area contributed by atoms with Gasteiger partial charge in [-0.1, -0.05) is 0 Å². The van der Waals surface area contributed by atoms with Gasteiger partial charge in [0.05, 0.1) is 0 Å². The Morgan fingerprint density at radius 3 is 2.18 bits per heavy atom. The number of allylic oxidation sites excluding steroid dienone is 1. The second-order valence-electron chi connectivity index (χ2n) is 5.45. The Bertz CT molecular complexity index is 782. The molecule has 2 aromatic rings. The van der Waals surface area contributed by atoms with E-state index in [0.717, 1.165) is 0 Å². The van der Waals surface area contributed by atoms with Gasteiger partial charge in [-0.05, 0) is 37.1 Å². The summed E-state index contributed by atoms with van der Waals surface area (Å²) in [4.78, 5) is 0. The third-order valence-electron chi connectivity index (χ3n) is 3.74. The molecule has 0 amide bonds. The molecule has 4 N–H and O–H groups in total. The molecule has 0 aromatic heterocycles. The lowest BCUT2D eigenvalue weighted by Gasteiger charge is -2.22. The Morgan fingerprint density at radius 2 is 1.55 bits per heavy atom. The van der Waals surface area contributed by atoms with Crippen molar-refractivity contribution in [2.75, 3.05) is 0 Å². The zero-order chi connectivity index (χ0) is 16.0. The number of hydrogen-bond acceptors (Lipinski definition) is 5. The lowest BCUT2D eigenvalue weighted by atomic mass is 9.99. The van der Waals surface area contributed by atoms with Crippen molar-refractivity contribution in [1.82, 2.24) is 0 Å². The molecule has 22 heavy (non-hydrogen) atoms. The van der Waals surface area contributed by atoms with E-state index in [4.69, 9.17) is 4.74 Å². The van der Waals surface area contributed by atoms with Crippen LogP contribution < -0.4 is 4.74 Å². The van der Waals surface area contributed by atoms with E-state index in [1.807, 2.05) is 0 Å². The molecule has 1 aliphatic rings. The molecule has 0 bridgehead atoms. The molecule has 0 fully saturated rings. The highest BCUT2D eigenvalue weighted by Crippen LogP contribution is 2.41. The molecule has 0 saturated carbocycles. The second kappa shape index (κ2) is 4.87. The summed E-state index contributed by atoms with van der Waals surface area (Å²) in [6, 6.07) is 6.01. The first-order chi connectivity index (χ1) is 10.4. The van der Waals surface area contributed by atoms with Gasteiger partial charge in [-0.3, -0.25) is 0 Å². The predicted molar refractivity (Wildman–Crippen MR) is 81.2 cm³/mol. The van der Waals surface area contributed by atoms with Crippen molar-refractivity contribution in [2.24, 2.45) is 0 Å². The number of phenols is 3. The summed E-state index contributed by atoms with van der Waals surface area (Å²) in [5.41, 5.74) is 2.39. The van der Waals surface area contributed by atoms with Gasteiger partial charge in [-0.25, -0.2) is 0 Å². The van der Waals surface area contributed by atoms with Crippen molar-refractivity contribution in [3.8, 4) is 23.0 Å². The highest BCUT2D eigenvalue weighted by atomic mass is 16.5. The van der Waals surface area contributed by atoms with Crippen LogP contribution in [0, 0.1) is 13.8 Å². The molecule has 0 spiro atoms. The number of aryl methyl sites for hydroxylation is 2. The molecule has 114 valence electrons. The number of phenolic OH excluding ortho intramolecular Hbond substituents is 3. The van der Waals surface area contributed by atoms with Crippen molar-refractivity contribution in [1.29, 1.82) is 0 Å². The maximum atomic E-state index is 10.2. The molecule has 0 atom stereocenters. The summed E-state index contributed by atoms with van der Waals surface area (Å²) < 4.78 is 5.67. The smallest absolute Gasteiger partial charge is 0.172 e. The first-order valence-electron chi connectivity index (χ1n) is 6.82. The third-order valence-corrected chi connectivity index (χ3v) is 3.74. The van der Waals surface area contributed by atoms with E-state index in [0.29, 0.717) is 28.0 Å². The lowest BCUT2D eigenvalue weighted by molar-refractivity contribution is 0.349. The molecule has 5 nitrogen and oxygen atoms in total. The number of benzene rings is 2. The van der Waals surface area contributed by atoms with Crippen LogP contribution in [0.3, 0.4) is 0 Å². The van der Waals surface area contributed by atoms with Crippen LogP contribution in [-0.2, 0) is 6.42 Å². The number of aromatic hydroxyl groups is 3. The number of fused-ring (bicyclic) bond motifs is 1. The van der Waals surface area contributed by atoms with Gasteiger partial charge in [0.15, 0.2) is 5.76 Å². The fourth-order valence-corrected chi connectivity index (χ4v) is 2.61. The summed E-state index contributed by atoms with van der Waals surface area (Å²) in [6.07, 6.45) is 0.107. The van der Waals surface area contributed by atoms with Gasteiger partial charge < -0.3 is 25.2 Å².